The standard InChI is InChI=1S/C6H11F3O3S/c1-2-12-13(10,11)5-3-4-6(7,8)9/h2-5H2,1H3. The summed E-state index contributed by atoms with van der Waals surface area (Å²) in [5.41, 5.74) is 0. The molecule has 0 fully saturated rings. The van der Waals surface area contributed by atoms with Gasteiger partial charge < -0.3 is 0 Å². The van der Waals surface area contributed by atoms with Crippen molar-refractivity contribution in [2.24, 2.45) is 0 Å². The molecule has 0 amide bonds. The lowest BCUT2D eigenvalue weighted by atomic mass is 10.3. The molecular formula is C6H11F3O3S. The van der Waals surface area contributed by atoms with Crippen LogP contribution in [0.5, 0.6) is 0 Å². The highest BCUT2D eigenvalue weighted by Gasteiger charge is 2.27. The Balaban J connectivity index is 3.77. The van der Waals surface area contributed by atoms with E-state index in [2.05, 4.69) is 4.18 Å². The Morgan fingerprint density at radius 3 is 2.23 bits per heavy atom. The summed E-state index contributed by atoms with van der Waals surface area (Å²) in [7, 11) is -3.75. The highest BCUT2D eigenvalue weighted by molar-refractivity contribution is 7.86. The summed E-state index contributed by atoms with van der Waals surface area (Å²) in [5.74, 6) is -0.583. The van der Waals surface area contributed by atoms with Gasteiger partial charge >= 0.3 is 6.18 Å². The molecule has 80 valence electrons. The van der Waals surface area contributed by atoms with Gasteiger partial charge in [-0.2, -0.15) is 21.6 Å². The van der Waals surface area contributed by atoms with Crippen LogP contribution in [0.4, 0.5) is 13.2 Å². The minimum Gasteiger partial charge on any atom is -0.270 e. The molecule has 0 radical (unpaired) electrons. The third-order valence-corrected chi connectivity index (χ3v) is 2.54. The second-order valence-electron chi connectivity index (χ2n) is 2.39. The van der Waals surface area contributed by atoms with Crippen LogP contribution in [0.2, 0.25) is 0 Å². The first kappa shape index (κ1) is 12.7. The lowest BCUT2D eigenvalue weighted by molar-refractivity contribution is -0.134. The van der Waals surface area contributed by atoms with E-state index in [9.17, 15) is 21.6 Å². The Morgan fingerprint density at radius 2 is 1.85 bits per heavy atom. The molecule has 0 atom stereocenters. The second kappa shape index (κ2) is 4.80. The molecule has 0 aromatic rings. The van der Waals surface area contributed by atoms with Gasteiger partial charge in [0.15, 0.2) is 0 Å². The monoisotopic (exact) mass is 220 g/mol. The first-order valence-electron chi connectivity index (χ1n) is 3.70. The molecule has 0 unspecified atom stereocenters. The topological polar surface area (TPSA) is 43.4 Å². The molecule has 0 rings (SSSR count). The van der Waals surface area contributed by atoms with Crippen LogP contribution in [0, 0.1) is 0 Å². The number of alkyl halides is 3. The Hall–Kier alpha value is -0.300. The van der Waals surface area contributed by atoms with Crippen molar-refractivity contribution in [3.63, 3.8) is 0 Å². The van der Waals surface area contributed by atoms with Gasteiger partial charge in [-0.1, -0.05) is 0 Å². The smallest absolute Gasteiger partial charge is 0.270 e. The van der Waals surface area contributed by atoms with Gasteiger partial charge in [-0.05, 0) is 13.3 Å². The van der Waals surface area contributed by atoms with E-state index in [1.807, 2.05) is 0 Å². The summed E-state index contributed by atoms with van der Waals surface area (Å²) >= 11 is 0. The largest absolute Gasteiger partial charge is 0.389 e. The van der Waals surface area contributed by atoms with Gasteiger partial charge in [0.1, 0.15) is 0 Å². The van der Waals surface area contributed by atoms with Gasteiger partial charge in [-0.25, -0.2) is 0 Å². The molecular weight excluding hydrogens is 209 g/mol. The number of hydrogen-bond donors (Lipinski definition) is 0. The molecule has 0 heterocycles. The predicted octanol–water partition coefficient (Wildman–Crippen LogP) is 1.70. The first-order valence-corrected chi connectivity index (χ1v) is 5.28. The molecule has 0 N–H and O–H groups in total. The summed E-state index contributed by atoms with van der Waals surface area (Å²) in [6.07, 6.45) is -5.85. The predicted molar refractivity (Wildman–Crippen MR) is 40.7 cm³/mol. The number of halogens is 3. The minimum atomic E-state index is -4.30. The van der Waals surface area contributed by atoms with E-state index in [0.29, 0.717) is 0 Å². The summed E-state index contributed by atoms with van der Waals surface area (Å²) in [4.78, 5) is 0. The van der Waals surface area contributed by atoms with E-state index >= 15 is 0 Å². The zero-order valence-corrected chi connectivity index (χ0v) is 7.91. The number of hydrogen-bond acceptors (Lipinski definition) is 3. The van der Waals surface area contributed by atoms with Crippen molar-refractivity contribution in [2.75, 3.05) is 12.4 Å². The molecule has 0 aliphatic heterocycles. The van der Waals surface area contributed by atoms with Crippen molar-refractivity contribution in [3.05, 3.63) is 0 Å². The van der Waals surface area contributed by atoms with Crippen LogP contribution in [0.15, 0.2) is 0 Å². The molecule has 0 aromatic heterocycles. The maximum Gasteiger partial charge on any atom is 0.389 e. The fourth-order valence-electron chi connectivity index (χ4n) is 0.688. The summed E-state index contributed by atoms with van der Waals surface area (Å²) < 4.78 is 60.4. The van der Waals surface area contributed by atoms with Gasteiger partial charge in [0.2, 0.25) is 0 Å². The van der Waals surface area contributed by atoms with E-state index in [0.717, 1.165) is 0 Å². The Morgan fingerprint density at radius 1 is 1.31 bits per heavy atom. The van der Waals surface area contributed by atoms with E-state index in [1.165, 1.54) is 6.92 Å². The first-order chi connectivity index (χ1) is 5.77. The van der Waals surface area contributed by atoms with Crippen LogP contribution in [-0.2, 0) is 14.3 Å². The quantitative estimate of drug-likeness (QED) is 0.662. The van der Waals surface area contributed by atoms with Crippen LogP contribution in [0.25, 0.3) is 0 Å². The maximum atomic E-state index is 11.6. The Labute approximate surface area is 75.0 Å². The normalized spacial score (nSPS) is 13.2. The molecule has 0 aromatic carbocycles. The summed E-state index contributed by atoms with van der Waals surface area (Å²) in [6, 6.07) is 0. The van der Waals surface area contributed by atoms with Crippen molar-refractivity contribution in [1.29, 1.82) is 0 Å². The van der Waals surface area contributed by atoms with Crippen LogP contribution in [-0.4, -0.2) is 27.0 Å². The molecule has 7 heteroatoms. The lowest BCUT2D eigenvalue weighted by Gasteiger charge is -2.05. The summed E-state index contributed by atoms with van der Waals surface area (Å²) in [6.45, 7) is 1.41. The van der Waals surface area contributed by atoms with Crippen LogP contribution >= 0.6 is 0 Å². The van der Waals surface area contributed by atoms with Crippen molar-refractivity contribution < 1.29 is 25.8 Å². The molecule has 0 saturated heterocycles. The van der Waals surface area contributed by atoms with Gasteiger partial charge in [-0.15, -0.1) is 0 Å². The van der Waals surface area contributed by atoms with Gasteiger partial charge in [0.25, 0.3) is 10.1 Å². The van der Waals surface area contributed by atoms with E-state index in [4.69, 9.17) is 0 Å². The maximum absolute atomic E-state index is 11.6. The third-order valence-electron chi connectivity index (χ3n) is 1.15. The van der Waals surface area contributed by atoms with Gasteiger partial charge in [0, 0.05) is 6.42 Å². The van der Waals surface area contributed by atoms with Crippen molar-refractivity contribution in [1.82, 2.24) is 0 Å². The summed E-state index contributed by atoms with van der Waals surface area (Å²) in [5, 5.41) is 0. The molecule has 0 bridgehead atoms. The Kier molecular flexibility index (Phi) is 4.69. The van der Waals surface area contributed by atoms with E-state index in [-0.39, 0.29) is 6.61 Å². The lowest BCUT2D eigenvalue weighted by Crippen LogP contribution is -2.14. The molecule has 13 heavy (non-hydrogen) atoms. The average Bonchev–Trinajstić information content (AvgIpc) is 1.82. The third kappa shape index (κ3) is 8.04. The van der Waals surface area contributed by atoms with Crippen molar-refractivity contribution >= 4 is 10.1 Å². The Bertz CT molecular complexity index is 232. The molecule has 0 aliphatic rings. The molecule has 0 saturated carbocycles. The molecule has 0 aliphatic carbocycles. The highest BCUT2D eigenvalue weighted by atomic mass is 32.2. The van der Waals surface area contributed by atoms with Gasteiger partial charge in [0.05, 0.1) is 12.4 Å². The second-order valence-corrected chi connectivity index (χ2v) is 4.15. The molecule has 3 nitrogen and oxygen atoms in total. The van der Waals surface area contributed by atoms with E-state index < -0.39 is 34.9 Å². The van der Waals surface area contributed by atoms with Crippen LogP contribution < -0.4 is 0 Å². The van der Waals surface area contributed by atoms with Crippen LogP contribution in [0.1, 0.15) is 19.8 Å². The fourth-order valence-corrected chi connectivity index (χ4v) is 1.66. The zero-order valence-electron chi connectivity index (χ0n) is 7.10. The van der Waals surface area contributed by atoms with Gasteiger partial charge in [-0.3, -0.25) is 4.18 Å². The minimum absolute atomic E-state index is 0.0473. The number of rotatable bonds is 5. The SMILES string of the molecule is CCOS(=O)(=O)CCCC(F)(F)F. The fraction of sp³-hybridized carbons (Fsp3) is 1.00. The van der Waals surface area contributed by atoms with Crippen molar-refractivity contribution in [3.8, 4) is 0 Å². The average molecular weight is 220 g/mol. The highest BCUT2D eigenvalue weighted by Crippen LogP contribution is 2.21. The van der Waals surface area contributed by atoms with Crippen LogP contribution in [0.3, 0.4) is 0 Å². The van der Waals surface area contributed by atoms with Crippen molar-refractivity contribution in [2.45, 2.75) is 25.9 Å². The molecule has 0 spiro atoms. The zero-order chi connectivity index (χ0) is 10.5. The van der Waals surface area contributed by atoms with E-state index in [1.54, 1.807) is 0 Å².